The molecule has 0 unspecified atom stereocenters. The van der Waals surface area contributed by atoms with Gasteiger partial charge >= 0.3 is 11.8 Å². The maximum absolute atomic E-state index is 11.3. The first-order valence-corrected chi connectivity index (χ1v) is 4.88. The molecular formula is C10H12N4O3. The number of anilines is 1. The topological polar surface area (TPSA) is 93.5 Å². The molecule has 0 spiro atoms. The Labute approximate surface area is 96.4 Å². The second-order valence-corrected chi connectivity index (χ2v) is 3.59. The van der Waals surface area contributed by atoms with Crippen LogP contribution >= 0.6 is 0 Å². The number of aromatic nitrogens is 1. The van der Waals surface area contributed by atoms with Gasteiger partial charge < -0.3 is 4.42 Å². The second-order valence-electron chi connectivity index (χ2n) is 3.59. The lowest BCUT2D eigenvalue weighted by Crippen LogP contribution is -2.41. The van der Waals surface area contributed by atoms with E-state index in [9.17, 15) is 9.59 Å². The van der Waals surface area contributed by atoms with Gasteiger partial charge in [-0.2, -0.15) is 0 Å². The predicted octanol–water partition coefficient (Wildman–Crippen LogP) is 0.151. The quantitative estimate of drug-likeness (QED) is 0.418. The summed E-state index contributed by atoms with van der Waals surface area (Å²) < 4.78 is 6.41. The van der Waals surface area contributed by atoms with Gasteiger partial charge in [0.05, 0.1) is 5.52 Å². The van der Waals surface area contributed by atoms with Gasteiger partial charge in [0, 0.05) is 25.8 Å². The van der Waals surface area contributed by atoms with Crippen molar-refractivity contribution >= 4 is 22.8 Å². The van der Waals surface area contributed by atoms with Gasteiger partial charge in [-0.15, -0.1) is 0 Å². The number of nitrogens with zero attached hydrogens (tertiary/aromatic N) is 2. The molecule has 3 N–H and O–H groups in total. The van der Waals surface area contributed by atoms with Crippen LogP contribution in [0, 0.1) is 0 Å². The van der Waals surface area contributed by atoms with Crippen LogP contribution < -0.4 is 21.9 Å². The van der Waals surface area contributed by atoms with E-state index < -0.39 is 11.8 Å². The third kappa shape index (κ3) is 1.76. The van der Waals surface area contributed by atoms with Crippen LogP contribution in [0.2, 0.25) is 0 Å². The Kier molecular flexibility index (Phi) is 2.60. The largest absolute Gasteiger partial charge is 0.419 e. The minimum absolute atomic E-state index is 0.423. The zero-order valence-corrected chi connectivity index (χ0v) is 9.43. The Balaban J connectivity index is 2.52. The zero-order chi connectivity index (χ0) is 12.6. The molecule has 0 aliphatic carbocycles. The van der Waals surface area contributed by atoms with Gasteiger partial charge in [0.2, 0.25) is 0 Å². The molecule has 2 amide bonds. The highest BCUT2D eigenvalue weighted by molar-refractivity contribution is 5.93. The lowest BCUT2D eigenvalue weighted by Gasteiger charge is -2.15. The van der Waals surface area contributed by atoms with E-state index in [2.05, 4.69) is 0 Å². The third-order valence-electron chi connectivity index (χ3n) is 2.59. The fraction of sp³-hybridized carbons (Fsp3) is 0.200. The van der Waals surface area contributed by atoms with Crippen LogP contribution in [-0.2, 0) is 7.05 Å². The Morgan fingerprint density at radius 1 is 1.53 bits per heavy atom. The molecule has 0 aliphatic heterocycles. The van der Waals surface area contributed by atoms with Crippen molar-refractivity contribution in [2.45, 2.75) is 0 Å². The Bertz CT molecular complexity index is 628. The number of fused-ring (bicyclic) bond motifs is 1. The highest BCUT2D eigenvalue weighted by Gasteiger charge is 2.12. The number of carbonyl (C=O) groups is 1. The van der Waals surface area contributed by atoms with Gasteiger partial charge in [0.15, 0.2) is 5.58 Å². The molecule has 0 aliphatic rings. The Morgan fingerprint density at radius 3 is 2.88 bits per heavy atom. The summed E-state index contributed by atoms with van der Waals surface area (Å²) in [6.45, 7) is 0. The fourth-order valence-corrected chi connectivity index (χ4v) is 1.55. The van der Waals surface area contributed by atoms with E-state index >= 15 is 0 Å². The van der Waals surface area contributed by atoms with Crippen molar-refractivity contribution < 1.29 is 9.21 Å². The van der Waals surface area contributed by atoms with Crippen LogP contribution in [0.3, 0.4) is 0 Å². The van der Waals surface area contributed by atoms with E-state index in [1.807, 2.05) is 5.43 Å². The second kappa shape index (κ2) is 3.95. The first-order chi connectivity index (χ1) is 8.04. The van der Waals surface area contributed by atoms with Crippen molar-refractivity contribution in [3.05, 3.63) is 28.7 Å². The number of nitrogens with two attached hydrogens (primary N) is 1. The van der Waals surface area contributed by atoms with Crippen molar-refractivity contribution in [1.82, 2.24) is 9.99 Å². The third-order valence-corrected chi connectivity index (χ3v) is 2.59. The van der Waals surface area contributed by atoms with Crippen LogP contribution in [0.15, 0.2) is 27.4 Å². The molecule has 0 atom stereocenters. The monoisotopic (exact) mass is 236 g/mol. The Hall–Kier alpha value is -2.28. The van der Waals surface area contributed by atoms with E-state index in [4.69, 9.17) is 10.3 Å². The number of carbonyl (C=O) groups excluding carboxylic acids is 1. The number of benzene rings is 1. The van der Waals surface area contributed by atoms with Gasteiger partial charge in [-0.1, -0.05) is 0 Å². The first kappa shape index (κ1) is 11.2. The summed E-state index contributed by atoms with van der Waals surface area (Å²) in [7, 11) is 3.18. The molecule has 0 fully saturated rings. The van der Waals surface area contributed by atoms with Crippen molar-refractivity contribution in [1.29, 1.82) is 0 Å². The average Bonchev–Trinajstić information content (AvgIpc) is 2.62. The van der Waals surface area contributed by atoms with Crippen LogP contribution in [-0.4, -0.2) is 17.6 Å². The highest BCUT2D eigenvalue weighted by Crippen LogP contribution is 2.20. The molecule has 0 bridgehead atoms. The number of amides is 2. The molecule has 0 saturated carbocycles. The van der Waals surface area contributed by atoms with E-state index in [1.165, 1.54) is 9.47 Å². The van der Waals surface area contributed by atoms with Gasteiger partial charge in [0.1, 0.15) is 0 Å². The number of hydrogen-bond acceptors (Lipinski definition) is 4. The van der Waals surface area contributed by atoms with Crippen molar-refractivity contribution in [2.75, 3.05) is 11.9 Å². The molecule has 1 aromatic heterocycles. The standard InChI is InChI=1S/C10H12N4O3/c1-13(9(15)12-11)6-3-4-7-8(5-6)17-10(16)14(7)2/h3-5H,11H2,1-2H3,(H,12,15). The fourth-order valence-electron chi connectivity index (χ4n) is 1.55. The molecule has 2 aromatic rings. The van der Waals surface area contributed by atoms with Crippen LogP contribution in [0.4, 0.5) is 10.5 Å². The van der Waals surface area contributed by atoms with Gasteiger partial charge in [-0.05, 0) is 12.1 Å². The molecule has 7 nitrogen and oxygen atoms in total. The molecular weight excluding hydrogens is 224 g/mol. The molecule has 7 heteroatoms. The van der Waals surface area contributed by atoms with Crippen LogP contribution in [0.1, 0.15) is 0 Å². The minimum Gasteiger partial charge on any atom is -0.408 e. The molecule has 0 radical (unpaired) electrons. The van der Waals surface area contributed by atoms with Gasteiger partial charge in [0.25, 0.3) is 0 Å². The first-order valence-electron chi connectivity index (χ1n) is 4.88. The van der Waals surface area contributed by atoms with Crippen molar-refractivity contribution in [3.63, 3.8) is 0 Å². The van der Waals surface area contributed by atoms with E-state index in [1.54, 1.807) is 32.3 Å². The van der Waals surface area contributed by atoms with Gasteiger partial charge in [-0.3, -0.25) is 14.9 Å². The molecule has 2 rings (SSSR count). The number of hydrazine groups is 1. The van der Waals surface area contributed by atoms with Crippen LogP contribution in [0.25, 0.3) is 11.1 Å². The number of rotatable bonds is 1. The molecule has 90 valence electrons. The summed E-state index contributed by atoms with van der Waals surface area (Å²) in [4.78, 5) is 23.9. The summed E-state index contributed by atoms with van der Waals surface area (Å²) in [5.41, 5.74) is 3.69. The zero-order valence-electron chi connectivity index (χ0n) is 9.43. The van der Waals surface area contributed by atoms with Crippen molar-refractivity contribution in [3.8, 4) is 0 Å². The lowest BCUT2D eigenvalue weighted by molar-refractivity contribution is 0.248. The molecule has 1 aromatic carbocycles. The molecule has 0 saturated heterocycles. The summed E-state index contributed by atoms with van der Waals surface area (Å²) in [6.07, 6.45) is 0. The van der Waals surface area contributed by atoms with Crippen LogP contribution in [0.5, 0.6) is 0 Å². The van der Waals surface area contributed by atoms with Crippen molar-refractivity contribution in [2.24, 2.45) is 12.9 Å². The number of oxazole rings is 1. The maximum Gasteiger partial charge on any atom is 0.419 e. The number of urea groups is 1. The number of hydrogen-bond donors (Lipinski definition) is 2. The molecule has 1 heterocycles. The maximum atomic E-state index is 11.3. The predicted molar refractivity (Wildman–Crippen MR) is 62.6 cm³/mol. The Morgan fingerprint density at radius 2 is 2.24 bits per heavy atom. The van der Waals surface area contributed by atoms with E-state index in [-0.39, 0.29) is 0 Å². The summed E-state index contributed by atoms with van der Waals surface area (Å²) in [5.74, 6) is 4.59. The molecule has 17 heavy (non-hydrogen) atoms. The van der Waals surface area contributed by atoms with E-state index in [0.717, 1.165) is 0 Å². The smallest absolute Gasteiger partial charge is 0.408 e. The number of nitrogens with one attached hydrogen (secondary N) is 1. The van der Waals surface area contributed by atoms with Gasteiger partial charge in [-0.25, -0.2) is 15.4 Å². The minimum atomic E-state index is -0.456. The SMILES string of the molecule is CN(C(=O)NN)c1ccc2c(c1)oc(=O)n2C. The summed E-state index contributed by atoms with van der Waals surface area (Å²) in [5, 5.41) is 0. The van der Waals surface area contributed by atoms with E-state index in [0.29, 0.717) is 16.8 Å². The summed E-state index contributed by atoms with van der Waals surface area (Å²) >= 11 is 0. The lowest BCUT2D eigenvalue weighted by atomic mass is 10.2. The average molecular weight is 236 g/mol. The summed E-state index contributed by atoms with van der Waals surface area (Å²) in [6, 6.07) is 4.55. The number of aryl methyl sites for hydroxylation is 1. The normalized spacial score (nSPS) is 10.5. The highest BCUT2D eigenvalue weighted by atomic mass is 16.4.